The van der Waals surface area contributed by atoms with Gasteiger partial charge in [-0.25, -0.2) is 12.8 Å². The van der Waals surface area contributed by atoms with E-state index in [1.807, 2.05) is 6.92 Å². The fraction of sp³-hybridized carbons (Fsp3) is 0.636. The van der Waals surface area contributed by atoms with Gasteiger partial charge < -0.3 is 14.2 Å². The fourth-order valence-electron chi connectivity index (χ4n) is 4.82. The molecular weight excluding hydrogens is 492 g/mol. The van der Waals surface area contributed by atoms with Crippen LogP contribution in [0.15, 0.2) is 33.7 Å². The van der Waals surface area contributed by atoms with Crippen molar-refractivity contribution in [3.05, 3.63) is 30.1 Å². The van der Waals surface area contributed by atoms with E-state index in [1.165, 1.54) is 18.2 Å². The number of ether oxygens (including phenoxy) is 1. The molecule has 13 heteroatoms. The van der Waals surface area contributed by atoms with Gasteiger partial charge in [-0.1, -0.05) is 12.1 Å². The van der Waals surface area contributed by atoms with Gasteiger partial charge in [-0.15, -0.1) is 0 Å². The number of rotatable bonds is 7. The lowest BCUT2D eigenvalue weighted by atomic mass is 9.85. The summed E-state index contributed by atoms with van der Waals surface area (Å²) in [4.78, 5) is 7.43. The van der Waals surface area contributed by atoms with Crippen LogP contribution in [0.25, 0.3) is 0 Å². The van der Waals surface area contributed by atoms with Crippen LogP contribution >= 0.6 is 0 Å². The standard InChI is InChI=1S/C22H28F4N4O4S/c1-15-12-29(10-11-30(15)21-27-20(28-34-21)22(24,25)26)17-8-6-16(7-9-17)13-33-18-4-2-3-5-19(18)35(31,32)14-23/h2-5,15-17H,6-14H2,1H3/t15-,16?,17?/m0/s1. The topological polar surface area (TPSA) is 88.8 Å². The second kappa shape index (κ2) is 10.3. The van der Waals surface area contributed by atoms with E-state index in [2.05, 4.69) is 15.0 Å². The Balaban J connectivity index is 1.27. The summed E-state index contributed by atoms with van der Waals surface area (Å²) in [5.41, 5.74) is 0. The van der Waals surface area contributed by atoms with Crippen LogP contribution in [0.2, 0.25) is 0 Å². The molecule has 0 N–H and O–H groups in total. The maximum absolute atomic E-state index is 12.9. The Morgan fingerprint density at radius 3 is 2.49 bits per heavy atom. The number of benzene rings is 1. The molecule has 2 aromatic rings. The minimum absolute atomic E-state index is 0.0831. The van der Waals surface area contributed by atoms with Gasteiger partial charge in [0.25, 0.3) is 5.82 Å². The van der Waals surface area contributed by atoms with Gasteiger partial charge in [0, 0.05) is 31.7 Å². The molecule has 1 aliphatic carbocycles. The van der Waals surface area contributed by atoms with Crippen molar-refractivity contribution in [1.29, 1.82) is 0 Å². The molecule has 2 aliphatic rings. The summed E-state index contributed by atoms with van der Waals surface area (Å²) >= 11 is 0. The SMILES string of the molecule is C[C@H]1CN(C2CCC(COc3ccccc3S(=O)(=O)CF)CC2)CCN1c1nc(C(F)(F)F)no1. The first-order valence-electron chi connectivity index (χ1n) is 11.5. The Kier molecular flexibility index (Phi) is 7.55. The van der Waals surface area contributed by atoms with Gasteiger partial charge in [-0.05, 0) is 55.8 Å². The lowest BCUT2D eigenvalue weighted by Crippen LogP contribution is -2.55. The van der Waals surface area contributed by atoms with E-state index in [0.29, 0.717) is 32.3 Å². The Labute approximate surface area is 201 Å². The fourth-order valence-corrected chi connectivity index (χ4v) is 5.66. The molecule has 0 amide bonds. The molecule has 8 nitrogen and oxygen atoms in total. The van der Waals surface area contributed by atoms with Gasteiger partial charge in [-0.2, -0.15) is 18.2 Å². The van der Waals surface area contributed by atoms with Crippen molar-refractivity contribution < 1.29 is 35.2 Å². The predicted octanol–water partition coefficient (Wildman–Crippen LogP) is 3.94. The molecule has 2 heterocycles. The molecule has 194 valence electrons. The molecule has 1 atom stereocenters. The number of anilines is 1. The van der Waals surface area contributed by atoms with E-state index < -0.39 is 27.8 Å². The second-order valence-corrected chi connectivity index (χ2v) is 11.0. The van der Waals surface area contributed by atoms with Crippen LogP contribution < -0.4 is 9.64 Å². The Hall–Kier alpha value is -2.41. The molecule has 35 heavy (non-hydrogen) atoms. The molecule has 1 aromatic heterocycles. The first-order chi connectivity index (χ1) is 16.6. The monoisotopic (exact) mass is 520 g/mol. The van der Waals surface area contributed by atoms with Crippen molar-refractivity contribution in [2.45, 2.75) is 55.8 Å². The van der Waals surface area contributed by atoms with Crippen molar-refractivity contribution in [3.8, 4) is 5.75 Å². The van der Waals surface area contributed by atoms with Gasteiger partial charge in [-0.3, -0.25) is 4.90 Å². The molecule has 0 bridgehead atoms. The van der Waals surface area contributed by atoms with E-state index in [1.54, 1.807) is 11.0 Å². The normalized spacial score (nSPS) is 24.5. The van der Waals surface area contributed by atoms with Gasteiger partial charge in [0.05, 0.1) is 6.61 Å². The van der Waals surface area contributed by atoms with E-state index >= 15 is 0 Å². The highest BCUT2D eigenvalue weighted by Crippen LogP contribution is 2.33. The summed E-state index contributed by atoms with van der Waals surface area (Å²) < 4.78 is 85.8. The maximum Gasteiger partial charge on any atom is 0.455 e. The molecule has 1 aliphatic heterocycles. The molecular formula is C22H28F4N4O4S. The number of hydrogen-bond donors (Lipinski definition) is 0. The van der Waals surface area contributed by atoms with Crippen molar-refractivity contribution in [3.63, 3.8) is 0 Å². The zero-order valence-corrected chi connectivity index (χ0v) is 20.1. The third kappa shape index (κ3) is 5.88. The van der Waals surface area contributed by atoms with E-state index in [4.69, 9.17) is 9.26 Å². The number of nitrogens with zero attached hydrogens (tertiary/aromatic N) is 4. The average molecular weight is 521 g/mol. The zero-order valence-electron chi connectivity index (χ0n) is 19.2. The Bertz CT molecular complexity index is 1100. The molecule has 0 spiro atoms. The summed E-state index contributed by atoms with van der Waals surface area (Å²) in [6, 6.07) is 4.76. The largest absolute Gasteiger partial charge is 0.492 e. The summed E-state index contributed by atoms with van der Waals surface area (Å²) in [6.45, 7) is 4.11. The summed E-state index contributed by atoms with van der Waals surface area (Å²) in [6.07, 6.45) is -0.974. The molecule has 1 saturated heterocycles. The highest BCUT2D eigenvalue weighted by Gasteiger charge is 2.39. The van der Waals surface area contributed by atoms with Gasteiger partial charge in [0.2, 0.25) is 9.84 Å². The highest BCUT2D eigenvalue weighted by molar-refractivity contribution is 7.91. The molecule has 1 saturated carbocycles. The van der Waals surface area contributed by atoms with Crippen molar-refractivity contribution in [2.24, 2.45) is 5.92 Å². The minimum Gasteiger partial charge on any atom is -0.492 e. The van der Waals surface area contributed by atoms with Crippen LogP contribution in [0.4, 0.5) is 23.6 Å². The highest BCUT2D eigenvalue weighted by atomic mass is 32.2. The van der Waals surface area contributed by atoms with E-state index in [9.17, 15) is 26.0 Å². The number of piperazine rings is 1. The maximum atomic E-state index is 12.9. The number of aromatic nitrogens is 2. The predicted molar refractivity (Wildman–Crippen MR) is 119 cm³/mol. The second-order valence-electron chi connectivity index (χ2n) is 9.09. The molecule has 0 unspecified atom stereocenters. The molecule has 0 radical (unpaired) electrons. The molecule has 4 rings (SSSR count). The summed E-state index contributed by atoms with van der Waals surface area (Å²) in [7, 11) is -4.01. The molecule has 1 aromatic carbocycles. The van der Waals surface area contributed by atoms with Crippen LogP contribution in [-0.2, 0) is 16.0 Å². The number of hydrogen-bond acceptors (Lipinski definition) is 8. The summed E-state index contributed by atoms with van der Waals surface area (Å²) in [5.74, 6) is -0.843. The van der Waals surface area contributed by atoms with Crippen LogP contribution in [-0.4, -0.2) is 67.8 Å². The minimum atomic E-state index is -4.64. The lowest BCUT2D eigenvalue weighted by Gasteiger charge is -2.44. The third-order valence-corrected chi connectivity index (χ3v) is 8.00. The smallest absolute Gasteiger partial charge is 0.455 e. The number of alkyl halides is 4. The first-order valence-corrected chi connectivity index (χ1v) is 13.2. The van der Waals surface area contributed by atoms with Gasteiger partial charge >= 0.3 is 12.2 Å². The van der Waals surface area contributed by atoms with Crippen LogP contribution in [0.3, 0.4) is 0 Å². The van der Waals surface area contributed by atoms with Crippen molar-refractivity contribution in [1.82, 2.24) is 15.0 Å². The lowest BCUT2D eigenvalue weighted by molar-refractivity contribution is -0.146. The Morgan fingerprint density at radius 1 is 1.14 bits per heavy atom. The van der Waals surface area contributed by atoms with Gasteiger partial charge in [0.1, 0.15) is 10.6 Å². The zero-order chi connectivity index (χ0) is 25.2. The number of halogens is 4. The first kappa shape index (κ1) is 25.7. The van der Waals surface area contributed by atoms with Crippen molar-refractivity contribution >= 4 is 15.9 Å². The Morgan fingerprint density at radius 2 is 1.86 bits per heavy atom. The average Bonchev–Trinajstić information content (AvgIpc) is 3.34. The third-order valence-electron chi connectivity index (χ3n) is 6.71. The quantitative estimate of drug-likeness (QED) is 0.508. The van der Waals surface area contributed by atoms with Crippen LogP contribution in [0, 0.1) is 5.92 Å². The number of sulfone groups is 1. The van der Waals surface area contributed by atoms with Crippen LogP contribution in [0.5, 0.6) is 5.75 Å². The van der Waals surface area contributed by atoms with E-state index in [-0.39, 0.29) is 28.6 Å². The number of para-hydroxylation sites is 1. The van der Waals surface area contributed by atoms with Gasteiger partial charge in [0.15, 0.2) is 6.01 Å². The van der Waals surface area contributed by atoms with Crippen molar-refractivity contribution in [2.75, 3.05) is 37.1 Å². The van der Waals surface area contributed by atoms with Crippen LogP contribution in [0.1, 0.15) is 38.4 Å². The summed E-state index contributed by atoms with van der Waals surface area (Å²) in [5, 5.41) is 3.05. The molecule has 2 fully saturated rings. The van der Waals surface area contributed by atoms with E-state index in [0.717, 1.165) is 25.7 Å².